The highest BCUT2D eigenvalue weighted by Crippen LogP contribution is 2.35. The number of carbonyl (C=O) groups excluding carboxylic acids is 2. The first kappa shape index (κ1) is 17.5. The normalized spacial score (nSPS) is 16.1. The minimum atomic E-state index is -0.424. The molecule has 2 amide bonds. The number of para-hydroxylation sites is 1. The summed E-state index contributed by atoms with van der Waals surface area (Å²) in [4.78, 5) is 26.5. The number of hydrogen-bond acceptors (Lipinski definition) is 3. The number of carbonyl (C=O) groups is 2. The number of benzene rings is 2. The highest BCUT2D eigenvalue weighted by Gasteiger charge is 2.35. The quantitative estimate of drug-likeness (QED) is 0.596. The number of fused-ring (bicyclic) bond motifs is 1. The number of nitrogens with zero attached hydrogens (tertiary/aromatic N) is 2. The van der Waals surface area contributed by atoms with Crippen molar-refractivity contribution in [3.05, 3.63) is 76.6 Å². The van der Waals surface area contributed by atoms with E-state index in [1.165, 1.54) is 6.07 Å². The van der Waals surface area contributed by atoms with Crippen molar-refractivity contribution in [2.75, 3.05) is 0 Å². The number of amides is 2. The van der Waals surface area contributed by atoms with E-state index in [0.717, 1.165) is 39.7 Å². The summed E-state index contributed by atoms with van der Waals surface area (Å²) in [6.07, 6.45) is 3.73. The highest BCUT2D eigenvalue weighted by molar-refractivity contribution is 8.18. The lowest BCUT2D eigenvalue weighted by atomic mass is 10.1. The van der Waals surface area contributed by atoms with E-state index in [0.29, 0.717) is 10.5 Å². The van der Waals surface area contributed by atoms with E-state index in [4.69, 9.17) is 0 Å². The van der Waals surface area contributed by atoms with Gasteiger partial charge in [-0.25, -0.2) is 4.39 Å². The Morgan fingerprint density at radius 1 is 1.07 bits per heavy atom. The minimum Gasteiger partial charge on any atom is -0.347 e. The van der Waals surface area contributed by atoms with Gasteiger partial charge < -0.3 is 4.57 Å². The van der Waals surface area contributed by atoms with Crippen molar-refractivity contribution in [1.82, 2.24) is 9.47 Å². The fourth-order valence-corrected chi connectivity index (χ4v) is 4.06. The minimum absolute atomic E-state index is 0.0641. The molecule has 1 aromatic heterocycles. The van der Waals surface area contributed by atoms with Gasteiger partial charge in [-0.3, -0.25) is 14.5 Å². The van der Waals surface area contributed by atoms with Crippen LogP contribution in [-0.2, 0) is 17.9 Å². The molecule has 1 saturated heterocycles. The third-order valence-corrected chi connectivity index (χ3v) is 5.51. The Morgan fingerprint density at radius 2 is 1.81 bits per heavy atom. The lowest BCUT2D eigenvalue weighted by Crippen LogP contribution is -2.27. The van der Waals surface area contributed by atoms with Crippen LogP contribution < -0.4 is 0 Å². The molecule has 0 N–H and O–H groups in total. The SMILES string of the molecule is CCn1cc(/C=C2\SC(=O)N(Cc3ccccc3F)C2=O)c2ccccc21. The number of halogens is 1. The summed E-state index contributed by atoms with van der Waals surface area (Å²) in [7, 11) is 0. The smallest absolute Gasteiger partial charge is 0.293 e. The van der Waals surface area contributed by atoms with Crippen LogP contribution in [0.1, 0.15) is 18.1 Å². The van der Waals surface area contributed by atoms with E-state index < -0.39 is 5.82 Å². The lowest BCUT2D eigenvalue weighted by molar-refractivity contribution is -0.123. The van der Waals surface area contributed by atoms with Crippen LogP contribution in [0, 0.1) is 5.82 Å². The summed E-state index contributed by atoms with van der Waals surface area (Å²) < 4.78 is 16.0. The van der Waals surface area contributed by atoms with Crippen LogP contribution in [0.5, 0.6) is 0 Å². The van der Waals surface area contributed by atoms with Gasteiger partial charge in [0.2, 0.25) is 0 Å². The second kappa shape index (κ2) is 7.04. The topological polar surface area (TPSA) is 42.3 Å². The van der Waals surface area contributed by atoms with E-state index in [1.54, 1.807) is 24.3 Å². The zero-order valence-electron chi connectivity index (χ0n) is 14.7. The standard InChI is InChI=1S/C21H17FN2O2S/c1-2-23-12-15(16-8-4-6-10-18(16)23)11-19-20(25)24(21(26)27-19)13-14-7-3-5-9-17(14)22/h3-12H,2,13H2,1H3/b19-11-. The van der Waals surface area contributed by atoms with Crippen molar-refractivity contribution in [3.8, 4) is 0 Å². The molecule has 0 aliphatic carbocycles. The molecule has 6 heteroatoms. The van der Waals surface area contributed by atoms with E-state index in [9.17, 15) is 14.0 Å². The Kier molecular flexibility index (Phi) is 4.58. The van der Waals surface area contributed by atoms with Crippen molar-refractivity contribution in [2.45, 2.75) is 20.0 Å². The molecule has 0 unspecified atom stereocenters. The first-order valence-corrected chi connectivity index (χ1v) is 9.46. The van der Waals surface area contributed by atoms with E-state index >= 15 is 0 Å². The van der Waals surface area contributed by atoms with Gasteiger partial charge in [0.1, 0.15) is 5.82 Å². The molecule has 2 aromatic carbocycles. The van der Waals surface area contributed by atoms with Gasteiger partial charge in [0.25, 0.3) is 11.1 Å². The molecule has 0 spiro atoms. The van der Waals surface area contributed by atoms with Gasteiger partial charge in [0, 0.05) is 34.8 Å². The summed E-state index contributed by atoms with van der Waals surface area (Å²) in [6.45, 7) is 2.80. The van der Waals surface area contributed by atoms with Crippen LogP contribution in [-0.4, -0.2) is 20.6 Å². The van der Waals surface area contributed by atoms with E-state index in [2.05, 4.69) is 11.5 Å². The Morgan fingerprint density at radius 3 is 2.59 bits per heavy atom. The molecule has 0 atom stereocenters. The van der Waals surface area contributed by atoms with Gasteiger partial charge in [-0.1, -0.05) is 36.4 Å². The molecule has 0 radical (unpaired) electrons. The number of thioether (sulfide) groups is 1. The Labute approximate surface area is 160 Å². The molecule has 4 nitrogen and oxygen atoms in total. The van der Waals surface area contributed by atoms with Crippen LogP contribution in [0.2, 0.25) is 0 Å². The summed E-state index contributed by atoms with van der Waals surface area (Å²) in [5.74, 6) is -0.812. The van der Waals surface area contributed by atoms with Crippen LogP contribution >= 0.6 is 11.8 Å². The van der Waals surface area contributed by atoms with Crippen molar-refractivity contribution in [3.63, 3.8) is 0 Å². The maximum absolute atomic E-state index is 13.9. The van der Waals surface area contributed by atoms with Crippen molar-refractivity contribution in [1.29, 1.82) is 0 Å². The second-order valence-corrected chi connectivity index (χ2v) is 7.24. The van der Waals surface area contributed by atoms with Crippen LogP contribution in [0.3, 0.4) is 0 Å². The number of rotatable bonds is 4. The molecule has 1 fully saturated rings. The van der Waals surface area contributed by atoms with Crippen molar-refractivity contribution in [2.24, 2.45) is 0 Å². The molecule has 27 heavy (non-hydrogen) atoms. The average Bonchev–Trinajstić information content (AvgIpc) is 3.16. The Balaban J connectivity index is 1.67. The molecule has 3 aromatic rings. The van der Waals surface area contributed by atoms with E-state index in [1.807, 2.05) is 30.5 Å². The number of imide groups is 1. The molecular formula is C21H17FN2O2S. The molecule has 2 heterocycles. The lowest BCUT2D eigenvalue weighted by Gasteiger charge is -2.12. The fraction of sp³-hybridized carbons (Fsp3) is 0.143. The molecule has 4 rings (SSSR count). The molecular weight excluding hydrogens is 363 g/mol. The van der Waals surface area contributed by atoms with Crippen molar-refractivity contribution < 1.29 is 14.0 Å². The van der Waals surface area contributed by atoms with Crippen LogP contribution in [0.15, 0.2) is 59.6 Å². The number of aromatic nitrogens is 1. The summed E-state index contributed by atoms with van der Waals surface area (Å²) in [6, 6.07) is 14.1. The third-order valence-electron chi connectivity index (χ3n) is 4.61. The van der Waals surface area contributed by atoms with Gasteiger partial charge in [0.05, 0.1) is 11.4 Å². The van der Waals surface area contributed by atoms with Crippen LogP contribution in [0.25, 0.3) is 17.0 Å². The highest BCUT2D eigenvalue weighted by atomic mass is 32.2. The van der Waals surface area contributed by atoms with Gasteiger partial charge in [-0.2, -0.15) is 0 Å². The van der Waals surface area contributed by atoms with Crippen molar-refractivity contribution >= 4 is 39.9 Å². The molecule has 136 valence electrons. The molecule has 1 aliphatic rings. The monoisotopic (exact) mass is 380 g/mol. The zero-order chi connectivity index (χ0) is 19.0. The third kappa shape index (κ3) is 3.17. The van der Waals surface area contributed by atoms with Gasteiger partial charge in [-0.15, -0.1) is 0 Å². The first-order valence-electron chi connectivity index (χ1n) is 8.65. The number of hydrogen-bond donors (Lipinski definition) is 0. The van der Waals surface area contributed by atoms with Gasteiger partial charge >= 0.3 is 0 Å². The summed E-state index contributed by atoms with van der Waals surface area (Å²) >= 11 is 0.894. The zero-order valence-corrected chi connectivity index (χ0v) is 15.5. The molecule has 0 bridgehead atoms. The Bertz CT molecular complexity index is 1090. The van der Waals surface area contributed by atoms with Gasteiger partial charge in [0.15, 0.2) is 0 Å². The largest absolute Gasteiger partial charge is 0.347 e. The second-order valence-electron chi connectivity index (χ2n) is 6.25. The molecule has 0 saturated carbocycles. The predicted octanol–water partition coefficient (Wildman–Crippen LogP) is 5.04. The Hall–Kier alpha value is -2.86. The fourth-order valence-electron chi connectivity index (χ4n) is 3.23. The average molecular weight is 380 g/mol. The van der Waals surface area contributed by atoms with Gasteiger partial charge in [-0.05, 0) is 36.9 Å². The van der Waals surface area contributed by atoms with E-state index in [-0.39, 0.29) is 17.7 Å². The first-order chi connectivity index (χ1) is 13.1. The summed E-state index contributed by atoms with van der Waals surface area (Å²) in [5, 5.41) is 0.647. The summed E-state index contributed by atoms with van der Waals surface area (Å²) in [5.41, 5.74) is 2.30. The molecule has 1 aliphatic heterocycles. The van der Waals surface area contributed by atoms with Crippen LogP contribution in [0.4, 0.5) is 9.18 Å². The number of aryl methyl sites for hydroxylation is 1. The predicted molar refractivity (Wildman–Crippen MR) is 106 cm³/mol. The maximum Gasteiger partial charge on any atom is 0.293 e. The maximum atomic E-state index is 13.9.